The molecule has 0 bridgehead atoms. The zero-order valence-electron chi connectivity index (χ0n) is 10.1. The van der Waals surface area contributed by atoms with Crippen LogP contribution in [0, 0.1) is 6.92 Å². The molecular weight excluding hydrogens is 236 g/mol. The molecule has 1 fully saturated rings. The Morgan fingerprint density at radius 3 is 2.35 bits per heavy atom. The zero-order valence-corrected chi connectivity index (χ0v) is 10.9. The maximum absolute atomic E-state index is 12.4. The number of rotatable bonds is 2. The highest BCUT2D eigenvalue weighted by molar-refractivity contribution is 7.89. The topological polar surface area (TPSA) is 63.4 Å². The van der Waals surface area contributed by atoms with Crippen LogP contribution in [0.15, 0.2) is 29.2 Å². The number of hydrogen-bond acceptors (Lipinski definition) is 3. The number of benzene rings is 1. The highest BCUT2D eigenvalue weighted by Crippen LogP contribution is 2.25. The summed E-state index contributed by atoms with van der Waals surface area (Å²) in [6, 6.07) is 6.87. The van der Waals surface area contributed by atoms with Crippen LogP contribution in [0.25, 0.3) is 0 Å². The molecule has 4 nitrogen and oxygen atoms in total. The third-order valence-electron chi connectivity index (χ3n) is 3.18. The molecule has 1 heterocycles. The predicted octanol–water partition coefficient (Wildman–Crippen LogP) is 1.11. The monoisotopic (exact) mass is 254 g/mol. The molecule has 0 spiro atoms. The van der Waals surface area contributed by atoms with Crippen molar-refractivity contribution in [3.05, 3.63) is 29.8 Å². The van der Waals surface area contributed by atoms with Crippen LogP contribution in [0.1, 0.15) is 18.9 Å². The van der Waals surface area contributed by atoms with E-state index in [1.165, 1.54) is 4.31 Å². The van der Waals surface area contributed by atoms with Crippen LogP contribution in [0.2, 0.25) is 0 Å². The average Bonchev–Trinajstić information content (AvgIpc) is 2.59. The SMILES string of the molecule is Cc1ccc(S(=O)(=O)N2C[C@H](N)C[C@@H]2C)cc1. The number of aryl methyl sites for hydroxylation is 1. The summed E-state index contributed by atoms with van der Waals surface area (Å²) in [5.41, 5.74) is 6.86. The van der Waals surface area contributed by atoms with Crippen molar-refractivity contribution < 1.29 is 8.42 Å². The van der Waals surface area contributed by atoms with Gasteiger partial charge in [0.25, 0.3) is 0 Å². The summed E-state index contributed by atoms with van der Waals surface area (Å²) < 4.78 is 26.2. The molecule has 1 aliphatic rings. The molecule has 2 rings (SSSR count). The van der Waals surface area contributed by atoms with Gasteiger partial charge < -0.3 is 5.73 Å². The lowest BCUT2D eigenvalue weighted by atomic mass is 10.2. The molecule has 1 saturated heterocycles. The summed E-state index contributed by atoms with van der Waals surface area (Å²) in [5, 5.41) is 0. The van der Waals surface area contributed by atoms with Crippen molar-refractivity contribution in [2.24, 2.45) is 5.73 Å². The normalized spacial score (nSPS) is 26.3. The van der Waals surface area contributed by atoms with E-state index in [1.807, 2.05) is 26.0 Å². The fraction of sp³-hybridized carbons (Fsp3) is 0.500. The molecular formula is C12H18N2O2S. The van der Waals surface area contributed by atoms with E-state index in [0.717, 1.165) is 12.0 Å². The summed E-state index contributed by atoms with van der Waals surface area (Å²) >= 11 is 0. The second-order valence-electron chi connectivity index (χ2n) is 4.73. The second-order valence-corrected chi connectivity index (χ2v) is 6.62. The molecule has 2 atom stereocenters. The van der Waals surface area contributed by atoms with E-state index in [-0.39, 0.29) is 12.1 Å². The first-order valence-corrected chi connectivity index (χ1v) is 7.19. The van der Waals surface area contributed by atoms with Crippen molar-refractivity contribution in [1.29, 1.82) is 0 Å². The average molecular weight is 254 g/mol. The molecule has 5 heteroatoms. The minimum absolute atomic E-state index is 0.0173. The minimum Gasteiger partial charge on any atom is -0.326 e. The van der Waals surface area contributed by atoms with E-state index in [2.05, 4.69) is 0 Å². The summed E-state index contributed by atoms with van der Waals surface area (Å²) in [7, 11) is -3.38. The number of nitrogens with two attached hydrogens (primary N) is 1. The first kappa shape index (κ1) is 12.5. The number of sulfonamides is 1. The second kappa shape index (κ2) is 4.40. The van der Waals surface area contributed by atoms with Gasteiger partial charge in [-0.15, -0.1) is 0 Å². The van der Waals surface area contributed by atoms with E-state index >= 15 is 0 Å². The van der Waals surface area contributed by atoms with Gasteiger partial charge in [0, 0.05) is 18.6 Å². The quantitative estimate of drug-likeness (QED) is 0.859. The van der Waals surface area contributed by atoms with Gasteiger partial charge in [0.15, 0.2) is 0 Å². The molecule has 17 heavy (non-hydrogen) atoms. The highest BCUT2D eigenvalue weighted by Gasteiger charge is 2.36. The van der Waals surface area contributed by atoms with E-state index < -0.39 is 10.0 Å². The van der Waals surface area contributed by atoms with Gasteiger partial charge >= 0.3 is 0 Å². The van der Waals surface area contributed by atoms with Crippen molar-refractivity contribution in [2.45, 2.75) is 37.2 Å². The lowest BCUT2D eigenvalue weighted by Gasteiger charge is -2.20. The van der Waals surface area contributed by atoms with Crippen LogP contribution >= 0.6 is 0 Å². The van der Waals surface area contributed by atoms with E-state index in [0.29, 0.717) is 11.4 Å². The van der Waals surface area contributed by atoms with Crippen LogP contribution in [0.4, 0.5) is 0 Å². The minimum atomic E-state index is -3.38. The Labute approximate surface area is 102 Å². The predicted molar refractivity (Wildman–Crippen MR) is 67.1 cm³/mol. The van der Waals surface area contributed by atoms with Crippen molar-refractivity contribution in [3.8, 4) is 0 Å². The first-order chi connectivity index (χ1) is 7.91. The lowest BCUT2D eigenvalue weighted by molar-refractivity contribution is 0.407. The van der Waals surface area contributed by atoms with Gasteiger partial charge in [-0.3, -0.25) is 0 Å². The standard InChI is InChI=1S/C12H18N2O2S/c1-9-3-5-12(6-4-9)17(15,16)14-8-11(13)7-10(14)2/h3-6,10-11H,7-8,13H2,1-2H3/t10-,11+/m0/s1. The molecule has 0 saturated carbocycles. The third kappa shape index (κ3) is 2.36. The van der Waals surface area contributed by atoms with Gasteiger partial charge in [0.2, 0.25) is 10.0 Å². The Balaban J connectivity index is 2.33. The number of hydrogen-bond donors (Lipinski definition) is 1. The van der Waals surface area contributed by atoms with Crippen molar-refractivity contribution in [2.75, 3.05) is 6.54 Å². The molecule has 0 aliphatic carbocycles. The van der Waals surface area contributed by atoms with Gasteiger partial charge in [-0.05, 0) is 32.4 Å². The molecule has 1 aromatic carbocycles. The third-order valence-corrected chi connectivity index (χ3v) is 5.17. The van der Waals surface area contributed by atoms with Gasteiger partial charge in [0.1, 0.15) is 0 Å². The molecule has 0 radical (unpaired) electrons. The van der Waals surface area contributed by atoms with Crippen molar-refractivity contribution in [3.63, 3.8) is 0 Å². The van der Waals surface area contributed by atoms with E-state index in [1.54, 1.807) is 12.1 Å². The Bertz CT molecular complexity index is 496. The van der Waals surface area contributed by atoms with E-state index in [4.69, 9.17) is 5.73 Å². The summed E-state index contributed by atoms with van der Waals surface area (Å²) in [6.07, 6.45) is 0.727. The lowest BCUT2D eigenvalue weighted by Crippen LogP contribution is -2.35. The van der Waals surface area contributed by atoms with Crippen LogP contribution in [-0.4, -0.2) is 31.4 Å². The molecule has 1 aromatic rings. The molecule has 2 N–H and O–H groups in total. The maximum Gasteiger partial charge on any atom is 0.243 e. The Morgan fingerprint density at radius 1 is 1.29 bits per heavy atom. The molecule has 0 amide bonds. The summed E-state index contributed by atoms with van der Waals surface area (Å²) in [4.78, 5) is 0.351. The van der Waals surface area contributed by atoms with Crippen LogP contribution in [-0.2, 0) is 10.0 Å². The first-order valence-electron chi connectivity index (χ1n) is 5.75. The summed E-state index contributed by atoms with van der Waals surface area (Å²) in [5.74, 6) is 0. The number of nitrogens with zero attached hydrogens (tertiary/aromatic N) is 1. The largest absolute Gasteiger partial charge is 0.326 e. The molecule has 0 aromatic heterocycles. The van der Waals surface area contributed by atoms with E-state index in [9.17, 15) is 8.42 Å². The van der Waals surface area contributed by atoms with Gasteiger partial charge in [-0.25, -0.2) is 8.42 Å². The Morgan fingerprint density at radius 2 is 1.88 bits per heavy atom. The molecule has 94 valence electrons. The summed E-state index contributed by atoms with van der Waals surface area (Å²) in [6.45, 7) is 4.25. The fourth-order valence-corrected chi connectivity index (χ4v) is 3.92. The van der Waals surface area contributed by atoms with Gasteiger partial charge in [-0.2, -0.15) is 4.31 Å². The molecule has 1 aliphatic heterocycles. The van der Waals surface area contributed by atoms with Crippen LogP contribution in [0.5, 0.6) is 0 Å². The smallest absolute Gasteiger partial charge is 0.243 e. The van der Waals surface area contributed by atoms with Crippen molar-refractivity contribution >= 4 is 10.0 Å². The van der Waals surface area contributed by atoms with Crippen molar-refractivity contribution in [1.82, 2.24) is 4.31 Å². The highest BCUT2D eigenvalue weighted by atomic mass is 32.2. The fourth-order valence-electron chi connectivity index (χ4n) is 2.22. The maximum atomic E-state index is 12.4. The van der Waals surface area contributed by atoms with Crippen LogP contribution < -0.4 is 5.73 Å². The molecule has 0 unspecified atom stereocenters. The zero-order chi connectivity index (χ0) is 12.6. The Hall–Kier alpha value is -0.910. The van der Waals surface area contributed by atoms with Gasteiger partial charge in [-0.1, -0.05) is 17.7 Å². The Kier molecular flexibility index (Phi) is 3.25. The van der Waals surface area contributed by atoms with Crippen LogP contribution in [0.3, 0.4) is 0 Å². The van der Waals surface area contributed by atoms with Gasteiger partial charge in [0.05, 0.1) is 4.90 Å².